The van der Waals surface area contributed by atoms with Gasteiger partial charge in [0.05, 0.1) is 7.11 Å². The summed E-state index contributed by atoms with van der Waals surface area (Å²) in [5, 5.41) is 10.4. The Morgan fingerprint density at radius 2 is 1.74 bits per heavy atom. The molecule has 0 aliphatic carbocycles. The number of nitrogens with zero attached hydrogens (tertiary/aromatic N) is 3. The molecule has 0 spiro atoms. The lowest BCUT2D eigenvalue weighted by molar-refractivity contribution is 0.0486. The summed E-state index contributed by atoms with van der Waals surface area (Å²) in [5.41, 5.74) is 4.14. The van der Waals surface area contributed by atoms with Crippen LogP contribution in [0.25, 0.3) is 16.8 Å². The molecule has 0 bridgehead atoms. The number of carbonyl (C=O) groups is 2. The summed E-state index contributed by atoms with van der Waals surface area (Å²) in [5.74, 6) is 0.446. The molecular formula is C29H31N5O4. The summed E-state index contributed by atoms with van der Waals surface area (Å²) in [6.45, 7) is 4.23. The second-order valence-electron chi connectivity index (χ2n) is 9.42. The van der Waals surface area contributed by atoms with Crippen molar-refractivity contribution >= 4 is 17.5 Å². The van der Waals surface area contributed by atoms with Gasteiger partial charge in [0.25, 0.3) is 11.8 Å². The van der Waals surface area contributed by atoms with Gasteiger partial charge >= 0.3 is 0 Å². The summed E-state index contributed by atoms with van der Waals surface area (Å²) in [4.78, 5) is 29.7. The molecule has 2 amide bonds. The monoisotopic (exact) mass is 513 g/mol. The molecule has 0 unspecified atom stereocenters. The summed E-state index contributed by atoms with van der Waals surface area (Å²) in [7, 11) is 1.65. The molecule has 38 heavy (non-hydrogen) atoms. The van der Waals surface area contributed by atoms with Gasteiger partial charge in [-0.3, -0.25) is 9.59 Å². The van der Waals surface area contributed by atoms with Crippen LogP contribution in [0.1, 0.15) is 46.2 Å². The van der Waals surface area contributed by atoms with Gasteiger partial charge < -0.3 is 20.1 Å². The van der Waals surface area contributed by atoms with E-state index in [0.717, 1.165) is 35.3 Å². The van der Waals surface area contributed by atoms with Gasteiger partial charge in [0.1, 0.15) is 5.75 Å². The Kier molecular flexibility index (Phi) is 7.37. The van der Waals surface area contributed by atoms with E-state index in [0.29, 0.717) is 43.2 Å². The first-order valence-corrected chi connectivity index (χ1v) is 12.8. The average molecular weight is 514 g/mol. The SMILES string of the molecule is CCNC(=O)c1ccc(-c2cnc3cc(C(=O)NCC4(c5ccc(OC)cc5)CCOCC4)nn3c2)cc1. The van der Waals surface area contributed by atoms with Crippen molar-refractivity contribution in [3.05, 3.63) is 83.8 Å². The van der Waals surface area contributed by atoms with E-state index in [-0.39, 0.29) is 17.2 Å². The van der Waals surface area contributed by atoms with Crippen LogP contribution in [0, 0.1) is 0 Å². The highest BCUT2D eigenvalue weighted by Gasteiger charge is 2.35. The Bertz CT molecular complexity index is 1420. The van der Waals surface area contributed by atoms with Crippen molar-refractivity contribution in [2.24, 2.45) is 0 Å². The van der Waals surface area contributed by atoms with Crippen molar-refractivity contribution in [2.75, 3.05) is 33.4 Å². The molecule has 4 aromatic rings. The van der Waals surface area contributed by atoms with Crippen LogP contribution >= 0.6 is 0 Å². The van der Waals surface area contributed by atoms with E-state index in [1.165, 1.54) is 0 Å². The zero-order valence-electron chi connectivity index (χ0n) is 21.6. The van der Waals surface area contributed by atoms with Gasteiger partial charge in [0.2, 0.25) is 0 Å². The molecular weight excluding hydrogens is 482 g/mol. The molecule has 1 aliphatic heterocycles. The molecule has 2 aromatic carbocycles. The van der Waals surface area contributed by atoms with Gasteiger partial charge in [0.15, 0.2) is 11.3 Å². The van der Waals surface area contributed by atoms with Crippen LogP contribution in [0.5, 0.6) is 5.75 Å². The number of amides is 2. The number of fused-ring (bicyclic) bond motifs is 1. The second kappa shape index (κ2) is 11.0. The molecule has 0 atom stereocenters. The van der Waals surface area contributed by atoms with E-state index in [1.807, 2.05) is 37.4 Å². The standard InChI is InChI=1S/C29H31N5O4/c1-3-30-27(35)21-6-4-20(5-7-21)22-17-31-26-16-25(33-34(26)18-22)28(36)32-19-29(12-14-38-15-13-29)23-8-10-24(37-2)11-9-23/h4-11,16-18H,3,12-15,19H2,1-2H3,(H,30,35)(H,32,36). The number of nitrogens with one attached hydrogen (secondary N) is 2. The van der Waals surface area contributed by atoms with Crippen molar-refractivity contribution in [1.29, 1.82) is 0 Å². The molecule has 5 rings (SSSR count). The van der Waals surface area contributed by atoms with E-state index in [2.05, 4.69) is 32.8 Å². The number of ether oxygens (including phenoxy) is 2. The predicted octanol–water partition coefficient (Wildman–Crippen LogP) is 3.63. The summed E-state index contributed by atoms with van der Waals surface area (Å²) >= 11 is 0. The first kappa shape index (κ1) is 25.4. The van der Waals surface area contributed by atoms with E-state index in [9.17, 15) is 9.59 Å². The minimum absolute atomic E-state index is 0.107. The van der Waals surface area contributed by atoms with Crippen LogP contribution in [-0.4, -0.2) is 59.8 Å². The van der Waals surface area contributed by atoms with Crippen LogP contribution in [0.15, 0.2) is 67.0 Å². The average Bonchev–Trinajstić information content (AvgIpc) is 3.40. The molecule has 1 aliphatic rings. The van der Waals surface area contributed by atoms with Gasteiger partial charge in [-0.15, -0.1) is 0 Å². The Balaban J connectivity index is 1.31. The molecule has 1 fully saturated rings. The Hall–Kier alpha value is -4.24. The summed E-state index contributed by atoms with van der Waals surface area (Å²) < 4.78 is 12.5. The van der Waals surface area contributed by atoms with Crippen molar-refractivity contribution in [2.45, 2.75) is 25.2 Å². The van der Waals surface area contributed by atoms with Gasteiger partial charge in [0, 0.05) is 61.3 Å². The largest absolute Gasteiger partial charge is 0.497 e. The topological polar surface area (TPSA) is 107 Å². The molecule has 0 radical (unpaired) electrons. The minimum atomic E-state index is -0.247. The molecule has 1 saturated heterocycles. The molecule has 2 aromatic heterocycles. The minimum Gasteiger partial charge on any atom is -0.497 e. The van der Waals surface area contributed by atoms with Crippen LogP contribution < -0.4 is 15.4 Å². The highest BCUT2D eigenvalue weighted by molar-refractivity contribution is 5.95. The summed E-state index contributed by atoms with van der Waals surface area (Å²) in [6, 6.07) is 17.0. The fraction of sp³-hybridized carbons (Fsp3) is 0.310. The third kappa shape index (κ3) is 5.24. The van der Waals surface area contributed by atoms with Crippen LogP contribution in [0.2, 0.25) is 0 Å². The lowest BCUT2D eigenvalue weighted by Gasteiger charge is -2.38. The number of hydrogen-bond acceptors (Lipinski definition) is 6. The van der Waals surface area contributed by atoms with E-state index >= 15 is 0 Å². The van der Waals surface area contributed by atoms with Gasteiger partial charge in [-0.05, 0) is 55.2 Å². The third-order valence-electron chi connectivity index (χ3n) is 7.10. The Morgan fingerprint density at radius 1 is 1.00 bits per heavy atom. The number of rotatable bonds is 8. The highest BCUT2D eigenvalue weighted by Crippen LogP contribution is 2.35. The van der Waals surface area contributed by atoms with E-state index in [1.54, 1.807) is 36.0 Å². The Labute approximate surface area is 221 Å². The molecule has 9 nitrogen and oxygen atoms in total. The van der Waals surface area contributed by atoms with Crippen LogP contribution in [0.3, 0.4) is 0 Å². The maximum absolute atomic E-state index is 13.1. The zero-order chi connectivity index (χ0) is 26.5. The maximum Gasteiger partial charge on any atom is 0.271 e. The zero-order valence-corrected chi connectivity index (χ0v) is 21.6. The number of methoxy groups -OCH3 is 1. The van der Waals surface area contributed by atoms with Crippen molar-refractivity contribution in [3.63, 3.8) is 0 Å². The van der Waals surface area contributed by atoms with E-state index < -0.39 is 0 Å². The van der Waals surface area contributed by atoms with Gasteiger partial charge in [-0.1, -0.05) is 24.3 Å². The molecule has 2 N–H and O–H groups in total. The first-order chi connectivity index (χ1) is 18.5. The van der Waals surface area contributed by atoms with Crippen LogP contribution in [0.4, 0.5) is 0 Å². The molecule has 196 valence electrons. The third-order valence-corrected chi connectivity index (χ3v) is 7.10. The fourth-order valence-corrected chi connectivity index (χ4v) is 4.83. The first-order valence-electron chi connectivity index (χ1n) is 12.8. The van der Waals surface area contributed by atoms with Crippen molar-refractivity contribution in [3.8, 4) is 16.9 Å². The fourth-order valence-electron chi connectivity index (χ4n) is 4.83. The number of benzene rings is 2. The van der Waals surface area contributed by atoms with Gasteiger partial charge in [-0.2, -0.15) is 5.10 Å². The lowest BCUT2D eigenvalue weighted by Crippen LogP contribution is -2.44. The van der Waals surface area contributed by atoms with Crippen LogP contribution in [-0.2, 0) is 10.2 Å². The van der Waals surface area contributed by atoms with E-state index in [4.69, 9.17) is 9.47 Å². The second-order valence-corrected chi connectivity index (χ2v) is 9.42. The number of aromatic nitrogens is 3. The number of carbonyl (C=O) groups excluding carboxylic acids is 2. The predicted molar refractivity (Wildman–Crippen MR) is 143 cm³/mol. The Morgan fingerprint density at radius 3 is 2.42 bits per heavy atom. The van der Waals surface area contributed by atoms with Gasteiger partial charge in [-0.25, -0.2) is 9.50 Å². The number of hydrogen-bond donors (Lipinski definition) is 2. The summed E-state index contributed by atoms with van der Waals surface area (Å²) in [6.07, 6.45) is 5.20. The normalized spacial score (nSPS) is 14.7. The highest BCUT2D eigenvalue weighted by atomic mass is 16.5. The molecule has 9 heteroatoms. The lowest BCUT2D eigenvalue weighted by atomic mass is 9.74. The van der Waals surface area contributed by atoms with Crippen molar-refractivity contribution in [1.82, 2.24) is 25.2 Å². The molecule has 3 heterocycles. The molecule has 0 saturated carbocycles. The van der Waals surface area contributed by atoms with Crippen molar-refractivity contribution < 1.29 is 19.1 Å². The maximum atomic E-state index is 13.1. The quantitative estimate of drug-likeness (QED) is 0.373. The smallest absolute Gasteiger partial charge is 0.271 e.